The van der Waals surface area contributed by atoms with E-state index in [0.29, 0.717) is 35.6 Å². The lowest BCUT2D eigenvalue weighted by Crippen LogP contribution is -2.43. The second-order valence-electron chi connectivity index (χ2n) is 6.85. The number of aryl methyl sites for hydroxylation is 1. The zero-order valence-electron chi connectivity index (χ0n) is 16.2. The molecular weight excluding hydrogens is 372 g/mol. The Morgan fingerprint density at radius 1 is 1.30 bits per heavy atom. The first kappa shape index (κ1) is 20.8. The molecule has 0 fully saturated rings. The van der Waals surface area contributed by atoms with Crippen molar-refractivity contribution in [3.63, 3.8) is 0 Å². The van der Waals surface area contributed by atoms with Crippen molar-refractivity contribution in [3.05, 3.63) is 22.7 Å². The largest absolute Gasteiger partial charge is 0.493 e. The van der Waals surface area contributed by atoms with Crippen LogP contribution < -0.4 is 20.1 Å². The number of hydrogen-bond donors (Lipinski definition) is 2. The van der Waals surface area contributed by atoms with Gasteiger partial charge in [-0.25, -0.2) is 4.68 Å². The highest BCUT2D eigenvalue weighted by Gasteiger charge is 2.16. The number of hydrogen-bond acceptors (Lipinski definition) is 7. The zero-order chi connectivity index (χ0) is 20.0. The van der Waals surface area contributed by atoms with Crippen molar-refractivity contribution in [2.45, 2.75) is 46.3 Å². The number of nitrogens with zero attached hydrogens (tertiary/aromatic N) is 4. The third kappa shape index (κ3) is 5.99. The van der Waals surface area contributed by atoms with Crippen LogP contribution in [-0.4, -0.2) is 45.4 Å². The van der Waals surface area contributed by atoms with Crippen molar-refractivity contribution in [1.29, 1.82) is 0 Å². The van der Waals surface area contributed by atoms with Gasteiger partial charge in [-0.3, -0.25) is 4.79 Å². The van der Waals surface area contributed by atoms with E-state index in [1.165, 1.54) is 7.11 Å². The van der Waals surface area contributed by atoms with E-state index < -0.39 is 0 Å². The summed E-state index contributed by atoms with van der Waals surface area (Å²) in [6, 6.07) is 3.39. The molecule has 148 valence electrons. The molecule has 9 nitrogen and oxygen atoms in total. The molecule has 2 N–H and O–H groups in total. The average molecular weight is 397 g/mol. The SMILES string of the molecule is CCn1nnnc1NCc1cc(OC)c(OCC(=O)NC(C)(C)C)cc1Cl. The fourth-order valence-electron chi connectivity index (χ4n) is 2.30. The highest BCUT2D eigenvalue weighted by atomic mass is 35.5. The van der Waals surface area contributed by atoms with Gasteiger partial charge in [0.1, 0.15) is 0 Å². The van der Waals surface area contributed by atoms with Gasteiger partial charge in [0.25, 0.3) is 5.91 Å². The molecule has 2 rings (SSSR count). The minimum absolute atomic E-state index is 0.132. The number of nitrogens with one attached hydrogen (secondary N) is 2. The Labute approximate surface area is 163 Å². The Balaban J connectivity index is 2.06. The molecule has 0 spiro atoms. The van der Waals surface area contributed by atoms with Gasteiger partial charge in [0.2, 0.25) is 5.95 Å². The minimum Gasteiger partial charge on any atom is -0.493 e. The van der Waals surface area contributed by atoms with E-state index in [-0.39, 0.29) is 18.1 Å². The summed E-state index contributed by atoms with van der Waals surface area (Å²) in [6.07, 6.45) is 0. The van der Waals surface area contributed by atoms with Crippen LogP contribution in [-0.2, 0) is 17.9 Å². The third-order valence-electron chi connectivity index (χ3n) is 3.47. The first-order chi connectivity index (χ1) is 12.7. The Kier molecular flexibility index (Phi) is 6.84. The normalized spacial score (nSPS) is 11.2. The van der Waals surface area contributed by atoms with Crippen LogP contribution in [0.1, 0.15) is 33.3 Å². The fraction of sp³-hybridized carbons (Fsp3) is 0.529. The van der Waals surface area contributed by atoms with Gasteiger partial charge in [-0.2, -0.15) is 0 Å². The molecule has 0 aliphatic heterocycles. The van der Waals surface area contributed by atoms with Gasteiger partial charge in [0.05, 0.1) is 7.11 Å². The number of carbonyl (C=O) groups is 1. The van der Waals surface area contributed by atoms with E-state index in [2.05, 4.69) is 26.2 Å². The smallest absolute Gasteiger partial charge is 0.258 e. The van der Waals surface area contributed by atoms with E-state index in [1.54, 1.807) is 16.8 Å². The number of tetrazole rings is 1. The molecule has 0 saturated carbocycles. The van der Waals surface area contributed by atoms with Crippen molar-refractivity contribution in [2.75, 3.05) is 19.0 Å². The minimum atomic E-state index is -0.328. The highest BCUT2D eigenvalue weighted by molar-refractivity contribution is 6.31. The second kappa shape index (κ2) is 8.90. The average Bonchev–Trinajstić information content (AvgIpc) is 3.05. The van der Waals surface area contributed by atoms with Crippen molar-refractivity contribution >= 4 is 23.5 Å². The molecule has 0 unspecified atom stereocenters. The van der Waals surface area contributed by atoms with Gasteiger partial charge >= 0.3 is 0 Å². The molecule has 2 aromatic rings. The van der Waals surface area contributed by atoms with Gasteiger partial charge < -0.3 is 20.1 Å². The molecule has 0 atom stereocenters. The summed E-state index contributed by atoms with van der Waals surface area (Å²) in [4.78, 5) is 11.9. The first-order valence-electron chi connectivity index (χ1n) is 8.53. The van der Waals surface area contributed by atoms with Crippen LogP contribution in [0.25, 0.3) is 0 Å². The molecular formula is C17H25ClN6O3. The summed E-state index contributed by atoms with van der Waals surface area (Å²) >= 11 is 6.36. The van der Waals surface area contributed by atoms with Gasteiger partial charge in [0.15, 0.2) is 18.1 Å². The molecule has 1 aromatic heterocycles. The van der Waals surface area contributed by atoms with Gasteiger partial charge in [0, 0.05) is 29.7 Å². The van der Waals surface area contributed by atoms with Crippen LogP contribution in [0, 0.1) is 0 Å². The lowest BCUT2D eigenvalue weighted by atomic mass is 10.1. The topological polar surface area (TPSA) is 103 Å². The molecule has 1 heterocycles. The van der Waals surface area contributed by atoms with Crippen LogP contribution in [0.15, 0.2) is 12.1 Å². The summed E-state index contributed by atoms with van der Waals surface area (Å²) < 4.78 is 12.6. The van der Waals surface area contributed by atoms with Crippen LogP contribution in [0.5, 0.6) is 11.5 Å². The lowest BCUT2D eigenvalue weighted by Gasteiger charge is -2.21. The van der Waals surface area contributed by atoms with E-state index in [0.717, 1.165) is 5.56 Å². The van der Waals surface area contributed by atoms with Gasteiger partial charge in [-0.15, -0.1) is 0 Å². The number of carbonyl (C=O) groups excluding carboxylic acids is 1. The Morgan fingerprint density at radius 3 is 2.67 bits per heavy atom. The number of halogens is 1. The number of ether oxygens (including phenoxy) is 2. The number of aromatic nitrogens is 4. The third-order valence-corrected chi connectivity index (χ3v) is 3.83. The summed E-state index contributed by atoms with van der Waals surface area (Å²) in [5.41, 5.74) is 0.455. The number of methoxy groups -OCH3 is 1. The summed E-state index contributed by atoms with van der Waals surface area (Å²) in [6.45, 7) is 8.57. The van der Waals surface area contributed by atoms with Crippen LogP contribution >= 0.6 is 11.6 Å². The van der Waals surface area contributed by atoms with E-state index in [4.69, 9.17) is 21.1 Å². The molecule has 0 aliphatic carbocycles. The highest BCUT2D eigenvalue weighted by Crippen LogP contribution is 2.33. The predicted molar refractivity (Wildman–Crippen MR) is 102 cm³/mol. The Bertz CT molecular complexity index is 787. The molecule has 0 bridgehead atoms. The fourth-order valence-corrected chi connectivity index (χ4v) is 2.52. The standard InChI is InChI=1S/C17H25ClN6O3/c1-6-24-16(21-22-23-24)19-9-11-7-13(26-5)14(8-12(11)18)27-10-15(25)20-17(2,3)4/h7-8H,6,9-10H2,1-5H3,(H,20,25)(H,19,21,23). The summed E-state index contributed by atoms with van der Waals surface area (Å²) in [7, 11) is 1.53. The van der Waals surface area contributed by atoms with Crippen LogP contribution in [0.3, 0.4) is 0 Å². The van der Waals surface area contributed by atoms with Crippen molar-refractivity contribution in [1.82, 2.24) is 25.5 Å². The summed E-state index contributed by atoms with van der Waals surface area (Å²) in [5.74, 6) is 1.20. The van der Waals surface area contributed by atoms with Gasteiger partial charge in [-0.05, 0) is 49.8 Å². The molecule has 27 heavy (non-hydrogen) atoms. The quantitative estimate of drug-likeness (QED) is 0.705. The molecule has 0 saturated heterocycles. The number of rotatable bonds is 8. The van der Waals surface area contributed by atoms with Gasteiger partial charge in [-0.1, -0.05) is 16.7 Å². The Hall–Kier alpha value is -2.55. The van der Waals surface area contributed by atoms with E-state index in [1.807, 2.05) is 27.7 Å². The second-order valence-corrected chi connectivity index (χ2v) is 7.26. The zero-order valence-corrected chi connectivity index (χ0v) is 16.9. The number of amides is 1. The number of anilines is 1. The van der Waals surface area contributed by atoms with E-state index in [9.17, 15) is 4.79 Å². The maximum atomic E-state index is 11.9. The predicted octanol–water partition coefficient (Wildman–Crippen LogP) is 2.26. The molecule has 1 aromatic carbocycles. The molecule has 10 heteroatoms. The monoisotopic (exact) mass is 396 g/mol. The summed E-state index contributed by atoms with van der Waals surface area (Å²) in [5, 5.41) is 17.8. The molecule has 0 radical (unpaired) electrons. The first-order valence-corrected chi connectivity index (χ1v) is 8.91. The van der Waals surface area contributed by atoms with Crippen molar-refractivity contribution < 1.29 is 14.3 Å². The molecule has 1 amide bonds. The lowest BCUT2D eigenvalue weighted by molar-refractivity contribution is -0.124. The Morgan fingerprint density at radius 2 is 2.04 bits per heavy atom. The molecule has 0 aliphatic rings. The van der Waals surface area contributed by atoms with Crippen LogP contribution in [0.2, 0.25) is 5.02 Å². The van der Waals surface area contributed by atoms with E-state index >= 15 is 0 Å². The number of benzene rings is 1. The maximum Gasteiger partial charge on any atom is 0.258 e. The maximum absolute atomic E-state index is 11.9. The van der Waals surface area contributed by atoms with Crippen molar-refractivity contribution in [2.24, 2.45) is 0 Å². The van der Waals surface area contributed by atoms with Crippen molar-refractivity contribution in [3.8, 4) is 11.5 Å². The van der Waals surface area contributed by atoms with Crippen LogP contribution in [0.4, 0.5) is 5.95 Å².